The molecule has 0 unspecified atom stereocenters. The summed E-state index contributed by atoms with van der Waals surface area (Å²) in [5, 5.41) is 0. The van der Waals surface area contributed by atoms with Crippen molar-refractivity contribution in [2.24, 2.45) is 16.8 Å². The third-order valence-corrected chi connectivity index (χ3v) is 5.53. The molecule has 9 heteroatoms. The first-order valence-corrected chi connectivity index (χ1v) is 11.2. The van der Waals surface area contributed by atoms with E-state index in [4.69, 9.17) is 4.74 Å². The number of sulfonamides is 1. The molecule has 1 aliphatic rings. The highest BCUT2D eigenvalue weighted by Crippen LogP contribution is 2.22. The lowest BCUT2D eigenvalue weighted by atomic mass is 10.1. The summed E-state index contributed by atoms with van der Waals surface area (Å²) >= 11 is 0. The molecule has 0 aliphatic carbocycles. The van der Waals surface area contributed by atoms with E-state index in [1.54, 1.807) is 23.1 Å². The summed E-state index contributed by atoms with van der Waals surface area (Å²) in [4.78, 5) is 30.4. The second-order valence-electron chi connectivity index (χ2n) is 7.83. The van der Waals surface area contributed by atoms with Crippen LogP contribution in [-0.4, -0.2) is 57.3 Å². The molecule has 0 saturated heterocycles. The summed E-state index contributed by atoms with van der Waals surface area (Å²) in [6, 6.07) is 6.51. The predicted octanol–water partition coefficient (Wildman–Crippen LogP) is 1.80. The van der Waals surface area contributed by atoms with Gasteiger partial charge in [0.05, 0.1) is 17.9 Å². The maximum atomic E-state index is 12.4. The van der Waals surface area contributed by atoms with Gasteiger partial charge in [-0.3, -0.25) is 19.3 Å². The van der Waals surface area contributed by atoms with Gasteiger partial charge in [0.15, 0.2) is 6.61 Å². The fourth-order valence-electron chi connectivity index (χ4n) is 2.98. The molecular weight excluding hydrogens is 394 g/mol. The van der Waals surface area contributed by atoms with Gasteiger partial charge in [-0.15, -0.1) is 0 Å². The van der Waals surface area contributed by atoms with Gasteiger partial charge in [0.1, 0.15) is 5.84 Å². The molecule has 29 heavy (non-hydrogen) atoms. The van der Waals surface area contributed by atoms with Gasteiger partial charge in [-0.05, 0) is 24.0 Å². The minimum atomic E-state index is -3.60. The van der Waals surface area contributed by atoms with Gasteiger partial charge in [0, 0.05) is 18.7 Å². The average molecular weight is 424 g/mol. The summed E-state index contributed by atoms with van der Waals surface area (Å²) < 4.78 is 31.5. The first-order chi connectivity index (χ1) is 13.6. The number of hydrogen-bond donors (Lipinski definition) is 1. The SMILES string of the molecule is CC(C)CN(CC(C)C)C(=O)COC(=O)CCN=C1NS(=O)(=O)c2ccccc21. The van der Waals surface area contributed by atoms with Crippen LogP contribution in [0.3, 0.4) is 0 Å². The minimum Gasteiger partial charge on any atom is -0.456 e. The number of carbonyl (C=O) groups excluding carboxylic acids is 2. The van der Waals surface area contributed by atoms with Gasteiger partial charge >= 0.3 is 5.97 Å². The zero-order valence-corrected chi connectivity index (χ0v) is 18.2. The highest BCUT2D eigenvalue weighted by Gasteiger charge is 2.30. The molecule has 0 aromatic heterocycles. The van der Waals surface area contributed by atoms with Crippen LogP contribution in [-0.2, 0) is 24.3 Å². The summed E-state index contributed by atoms with van der Waals surface area (Å²) in [5.41, 5.74) is 0.481. The van der Waals surface area contributed by atoms with Crippen molar-refractivity contribution in [2.45, 2.75) is 39.0 Å². The Kier molecular flexibility index (Phi) is 7.78. The molecular formula is C20H29N3O5S. The monoisotopic (exact) mass is 423 g/mol. The number of nitrogens with one attached hydrogen (secondary N) is 1. The quantitative estimate of drug-likeness (QED) is 0.610. The molecule has 1 heterocycles. The fraction of sp³-hybridized carbons (Fsp3) is 0.550. The van der Waals surface area contributed by atoms with Crippen molar-refractivity contribution < 1.29 is 22.7 Å². The van der Waals surface area contributed by atoms with E-state index in [0.717, 1.165) is 0 Å². The molecule has 160 valence electrons. The first-order valence-electron chi connectivity index (χ1n) is 9.70. The Bertz CT molecular complexity index is 868. The van der Waals surface area contributed by atoms with Crippen molar-refractivity contribution in [1.29, 1.82) is 0 Å². The van der Waals surface area contributed by atoms with Gasteiger partial charge in [-0.25, -0.2) is 8.42 Å². The maximum Gasteiger partial charge on any atom is 0.308 e. The zero-order valence-electron chi connectivity index (χ0n) is 17.3. The lowest BCUT2D eigenvalue weighted by molar-refractivity contribution is -0.152. The maximum absolute atomic E-state index is 12.4. The Morgan fingerprint density at radius 2 is 1.72 bits per heavy atom. The van der Waals surface area contributed by atoms with Crippen LogP contribution in [0.5, 0.6) is 0 Å². The van der Waals surface area contributed by atoms with Crippen molar-refractivity contribution in [3.05, 3.63) is 29.8 Å². The van der Waals surface area contributed by atoms with Gasteiger partial charge in [-0.2, -0.15) is 0 Å². The molecule has 0 saturated carbocycles. The third kappa shape index (κ3) is 6.56. The van der Waals surface area contributed by atoms with E-state index < -0.39 is 16.0 Å². The molecule has 0 fully saturated rings. The molecule has 1 N–H and O–H groups in total. The van der Waals surface area contributed by atoms with Crippen molar-refractivity contribution in [2.75, 3.05) is 26.2 Å². The molecule has 1 aliphatic heterocycles. The van der Waals surface area contributed by atoms with E-state index >= 15 is 0 Å². The normalized spacial score (nSPS) is 16.0. The summed E-state index contributed by atoms with van der Waals surface area (Å²) in [6.45, 7) is 9.10. The Labute approximate surface area is 172 Å². The van der Waals surface area contributed by atoms with Gasteiger partial charge in [-0.1, -0.05) is 39.8 Å². The van der Waals surface area contributed by atoms with Crippen molar-refractivity contribution >= 4 is 27.7 Å². The number of amidine groups is 1. The molecule has 2 rings (SSSR count). The summed E-state index contributed by atoms with van der Waals surface area (Å²) in [6.07, 6.45) is -0.0466. The Hall–Kier alpha value is -2.42. The Morgan fingerprint density at radius 3 is 2.34 bits per heavy atom. The van der Waals surface area contributed by atoms with Crippen LogP contribution >= 0.6 is 0 Å². The summed E-state index contributed by atoms with van der Waals surface area (Å²) in [5.74, 6) is 0.0875. The van der Waals surface area contributed by atoms with E-state index in [0.29, 0.717) is 30.5 Å². The number of esters is 1. The number of rotatable bonds is 9. The average Bonchev–Trinajstić information content (AvgIpc) is 2.89. The number of carbonyl (C=O) groups is 2. The van der Waals surface area contributed by atoms with Gasteiger partial charge in [0.25, 0.3) is 15.9 Å². The van der Waals surface area contributed by atoms with Crippen LogP contribution in [0.1, 0.15) is 39.7 Å². The van der Waals surface area contributed by atoms with Crippen LogP contribution < -0.4 is 4.72 Å². The molecule has 0 bridgehead atoms. The summed E-state index contributed by atoms with van der Waals surface area (Å²) in [7, 11) is -3.60. The van der Waals surface area contributed by atoms with Gasteiger partial charge in [0.2, 0.25) is 0 Å². The van der Waals surface area contributed by atoms with Crippen LogP contribution in [0.15, 0.2) is 34.2 Å². The zero-order chi connectivity index (χ0) is 21.6. The highest BCUT2D eigenvalue weighted by atomic mass is 32.2. The second kappa shape index (κ2) is 9.87. The van der Waals surface area contributed by atoms with Crippen LogP contribution in [0.4, 0.5) is 0 Å². The Morgan fingerprint density at radius 1 is 1.10 bits per heavy atom. The number of benzene rings is 1. The molecule has 8 nitrogen and oxygen atoms in total. The number of ether oxygens (including phenoxy) is 1. The minimum absolute atomic E-state index is 0.0466. The largest absolute Gasteiger partial charge is 0.456 e. The van der Waals surface area contributed by atoms with E-state index in [9.17, 15) is 18.0 Å². The van der Waals surface area contributed by atoms with Crippen LogP contribution in [0.25, 0.3) is 0 Å². The number of fused-ring (bicyclic) bond motifs is 1. The molecule has 1 aromatic carbocycles. The molecule has 1 amide bonds. The smallest absolute Gasteiger partial charge is 0.308 e. The lowest BCUT2D eigenvalue weighted by Gasteiger charge is -2.26. The molecule has 1 aromatic rings. The number of nitrogens with zero attached hydrogens (tertiary/aromatic N) is 2. The highest BCUT2D eigenvalue weighted by molar-refractivity contribution is 7.90. The van der Waals surface area contributed by atoms with Crippen LogP contribution in [0.2, 0.25) is 0 Å². The van der Waals surface area contributed by atoms with Gasteiger partial charge < -0.3 is 9.64 Å². The first kappa shape index (κ1) is 22.9. The molecule has 0 radical (unpaired) electrons. The lowest BCUT2D eigenvalue weighted by Crippen LogP contribution is -2.39. The topological polar surface area (TPSA) is 105 Å². The van der Waals surface area contributed by atoms with E-state index in [2.05, 4.69) is 9.71 Å². The standard InChI is InChI=1S/C20H29N3O5S/c1-14(2)11-23(12-15(3)4)18(24)13-28-19(25)9-10-21-20-16-7-5-6-8-17(16)29(26,27)22-20/h5-8,14-15H,9-13H2,1-4H3,(H,21,22). The number of hydrogen-bond acceptors (Lipinski definition) is 6. The molecule has 0 spiro atoms. The Balaban J connectivity index is 1.86. The third-order valence-electron chi connectivity index (χ3n) is 4.13. The number of amides is 1. The van der Waals surface area contributed by atoms with Crippen LogP contribution in [0, 0.1) is 11.8 Å². The number of aliphatic imine (C=N–C) groups is 1. The fourth-order valence-corrected chi connectivity index (χ4v) is 4.23. The second-order valence-corrected chi connectivity index (χ2v) is 9.48. The molecule has 0 atom stereocenters. The van der Waals surface area contributed by atoms with Crippen molar-refractivity contribution in [1.82, 2.24) is 9.62 Å². The van der Waals surface area contributed by atoms with Crippen molar-refractivity contribution in [3.63, 3.8) is 0 Å². The van der Waals surface area contributed by atoms with Crippen molar-refractivity contribution in [3.8, 4) is 0 Å². The van der Waals surface area contributed by atoms with E-state index in [1.165, 1.54) is 6.07 Å². The van der Waals surface area contributed by atoms with E-state index in [1.807, 2.05) is 27.7 Å². The predicted molar refractivity (Wildman–Crippen MR) is 110 cm³/mol. The van der Waals surface area contributed by atoms with E-state index in [-0.39, 0.29) is 36.2 Å².